The molecule has 0 unspecified atom stereocenters. The summed E-state index contributed by atoms with van der Waals surface area (Å²) in [4.78, 5) is 0. The van der Waals surface area contributed by atoms with Crippen LogP contribution in [-0.4, -0.2) is 0 Å². The van der Waals surface area contributed by atoms with E-state index < -0.39 is 0 Å². The van der Waals surface area contributed by atoms with Gasteiger partial charge in [0.25, 0.3) is 0 Å². The first-order chi connectivity index (χ1) is 4.41. The van der Waals surface area contributed by atoms with E-state index in [0.717, 1.165) is 0 Å². The predicted molar refractivity (Wildman–Crippen MR) is 44.8 cm³/mol. The minimum Gasteiger partial charge on any atom is -0.332 e. The lowest BCUT2D eigenvalue weighted by Gasteiger charge is -1.76. The van der Waals surface area contributed by atoms with Gasteiger partial charge in [0.15, 0.2) is 0 Å². The Kier molecular flexibility index (Phi) is 89.0. The van der Waals surface area contributed by atoms with Gasteiger partial charge >= 0.3 is 0 Å². The fraction of sp³-hybridized carbons (Fsp3) is 0.714. The van der Waals surface area contributed by atoms with E-state index in [9.17, 15) is 0 Å². The molecule has 0 fully saturated rings. The fourth-order valence-corrected chi connectivity index (χ4v) is 0.0962. The third kappa shape index (κ3) is 101. The molecule has 2 nitrogen and oxygen atoms in total. The lowest BCUT2D eigenvalue weighted by Crippen LogP contribution is -2.12. The molecule has 3 N–H and O–H groups in total. The molecular formula is C7H20N2. The van der Waals surface area contributed by atoms with Gasteiger partial charge in [0.2, 0.25) is 0 Å². The van der Waals surface area contributed by atoms with Gasteiger partial charge < -0.3 is 5.43 Å². The molecule has 0 amide bonds. The first kappa shape index (κ1) is 15.8. The van der Waals surface area contributed by atoms with Crippen molar-refractivity contribution in [3.8, 4) is 0 Å². The topological polar surface area (TPSA) is 38.0 Å². The Morgan fingerprint density at radius 2 is 1.44 bits per heavy atom. The van der Waals surface area contributed by atoms with E-state index >= 15 is 0 Å². The number of hydrogen-bond acceptors (Lipinski definition) is 2. The highest BCUT2D eigenvalue weighted by Gasteiger charge is 1.45. The van der Waals surface area contributed by atoms with Crippen LogP contribution in [0.3, 0.4) is 0 Å². The van der Waals surface area contributed by atoms with Crippen molar-refractivity contribution in [1.82, 2.24) is 5.43 Å². The van der Waals surface area contributed by atoms with Crippen molar-refractivity contribution in [3.63, 3.8) is 0 Å². The SMILES string of the molecule is CC.CC.CC=CNN. The lowest BCUT2D eigenvalue weighted by atomic mass is 10.7. The smallest absolute Gasteiger partial charge is 0.00798 e. The fourth-order valence-electron chi connectivity index (χ4n) is 0.0962. The van der Waals surface area contributed by atoms with Crippen LogP contribution in [0.25, 0.3) is 0 Å². The standard InChI is InChI=1S/C3H8N2.2C2H6/c1-2-3-5-4;2*1-2/h2-3,5H,4H2,1H3;2*1-2H3. The average molecular weight is 132 g/mol. The maximum absolute atomic E-state index is 4.80. The van der Waals surface area contributed by atoms with Gasteiger partial charge in [-0.25, -0.2) is 0 Å². The Labute approximate surface area is 59.1 Å². The van der Waals surface area contributed by atoms with E-state index in [0.29, 0.717) is 0 Å². The first-order valence-corrected chi connectivity index (χ1v) is 3.49. The van der Waals surface area contributed by atoms with E-state index in [1.165, 1.54) is 0 Å². The van der Waals surface area contributed by atoms with Crippen LogP contribution in [0.15, 0.2) is 12.3 Å². The summed E-state index contributed by atoms with van der Waals surface area (Å²) in [5.41, 5.74) is 2.34. The third-order valence-corrected chi connectivity index (χ3v) is 0.263. The van der Waals surface area contributed by atoms with Crippen LogP contribution < -0.4 is 11.3 Å². The minimum atomic E-state index is 1.65. The Hall–Kier alpha value is -0.500. The summed E-state index contributed by atoms with van der Waals surface area (Å²) < 4.78 is 0. The third-order valence-electron chi connectivity index (χ3n) is 0.263. The molecule has 9 heavy (non-hydrogen) atoms. The lowest BCUT2D eigenvalue weighted by molar-refractivity contribution is 0.965. The monoisotopic (exact) mass is 132 g/mol. The molecule has 0 rings (SSSR count). The number of nitrogens with one attached hydrogen (secondary N) is 1. The highest BCUT2D eigenvalue weighted by molar-refractivity contribution is 4.69. The summed E-state index contributed by atoms with van der Waals surface area (Å²) in [5, 5.41) is 0. The van der Waals surface area contributed by atoms with Crippen molar-refractivity contribution in [2.75, 3.05) is 0 Å². The van der Waals surface area contributed by atoms with E-state index in [2.05, 4.69) is 5.43 Å². The summed E-state index contributed by atoms with van der Waals surface area (Å²) >= 11 is 0. The highest BCUT2D eigenvalue weighted by atomic mass is 15.2. The zero-order chi connectivity index (χ0) is 8.12. The Morgan fingerprint density at radius 3 is 1.44 bits per heavy atom. The Balaban J connectivity index is -0.0000000771. The normalized spacial score (nSPS) is 6.44. The van der Waals surface area contributed by atoms with E-state index in [1.807, 2.05) is 40.7 Å². The summed E-state index contributed by atoms with van der Waals surface area (Å²) in [5.74, 6) is 4.80. The molecule has 0 aromatic rings. The van der Waals surface area contributed by atoms with Crippen molar-refractivity contribution in [2.45, 2.75) is 34.6 Å². The van der Waals surface area contributed by atoms with Crippen LogP contribution in [0.1, 0.15) is 34.6 Å². The Morgan fingerprint density at radius 1 is 1.11 bits per heavy atom. The van der Waals surface area contributed by atoms with Crippen LogP contribution in [0.4, 0.5) is 0 Å². The average Bonchev–Trinajstić information content (AvgIpc) is 1.98. The summed E-state index contributed by atoms with van der Waals surface area (Å²) in [6, 6.07) is 0. The van der Waals surface area contributed by atoms with Crippen molar-refractivity contribution < 1.29 is 0 Å². The largest absolute Gasteiger partial charge is 0.332 e. The zero-order valence-electron chi connectivity index (χ0n) is 7.23. The van der Waals surface area contributed by atoms with Crippen LogP contribution in [0.5, 0.6) is 0 Å². The molecule has 0 saturated carbocycles. The Bertz CT molecular complexity index is 33.9. The number of rotatable bonds is 1. The second-order valence-corrected chi connectivity index (χ2v) is 0.667. The molecule has 0 bridgehead atoms. The van der Waals surface area contributed by atoms with Crippen LogP contribution >= 0.6 is 0 Å². The molecule has 0 aliphatic carbocycles. The van der Waals surface area contributed by atoms with Crippen molar-refractivity contribution in [3.05, 3.63) is 12.3 Å². The van der Waals surface area contributed by atoms with Gasteiger partial charge in [-0.2, -0.15) is 0 Å². The molecule has 0 radical (unpaired) electrons. The van der Waals surface area contributed by atoms with Crippen LogP contribution in [0.2, 0.25) is 0 Å². The number of nitrogens with two attached hydrogens (primary N) is 1. The van der Waals surface area contributed by atoms with Crippen LogP contribution in [-0.2, 0) is 0 Å². The van der Waals surface area contributed by atoms with Crippen molar-refractivity contribution in [2.24, 2.45) is 5.84 Å². The van der Waals surface area contributed by atoms with Crippen molar-refractivity contribution >= 4 is 0 Å². The molecule has 0 aromatic heterocycles. The molecule has 0 aliphatic rings. The molecule has 0 spiro atoms. The van der Waals surface area contributed by atoms with Gasteiger partial charge in [-0.3, -0.25) is 5.84 Å². The maximum Gasteiger partial charge on any atom is 0.00798 e. The summed E-state index contributed by atoms with van der Waals surface area (Å²) in [6.07, 6.45) is 3.47. The highest BCUT2D eigenvalue weighted by Crippen LogP contribution is 1.51. The van der Waals surface area contributed by atoms with E-state index in [1.54, 1.807) is 6.20 Å². The van der Waals surface area contributed by atoms with Crippen molar-refractivity contribution in [1.29, 1.82) is 0 Å². The van der Waals surface area contributed by atoms with Gasteiger partial charge in [0.05, 0.1) is 0 Å². The number of hydrazine groups is 1. The van der Waals surface area contributed by atoms with E-state index in [4.69, 9.17) is 5.84 Å². The summed E-state index contributed by atoms with van der Waals surface area (Å²) in [6.45, 7) is 9.89. The molecule has 0 heterocycles. The minimum absolute atomic E-state index is 1.65. The van der Waals surface area contributed by atoms with E-state index in [-0.39, 0.29) is 0 Å². The molecule has 0 atom stereocenters. The quantitative estimate of drug-likeness (QED) is 0.423. The first-order valence-electron chi connectivity index (χ1n) is 3.49. The molecular weight excluding hydrogens is 112 g/mol. The summed E-state index contributed by atoms with van der Waals surface area (Å²) in [7, 11) is 0. The molecule has 58 valence electrons. The predicted octanol–water partition coefficient (Wildman–Crippen LogP) is 2.04. The number of allylic oxidation sites excluding steroid dienone is 1. The van der Waals surface area contributed by atoms with Gasteiger partial charge in [-0.15, -0.1) is 0 Å². The molecule has 0 aromatic carbocycles. The second-order valence-electron chi connectivity index (χ2n) is 0.667. The number of hydrogen-bond donors (Lipinski definition) is 2. The second kappa shape index (κ2) is 50.7. The molecule has 0 aliphatic heterocycles. The van der Waals surface area contributed by atoms with Gasteiger partial charge in [0.1, 0.15) is 0 Å². The maximum atomic E-state index is 4.80. The van der Waals surface area contributed by atoms with Gasteiger partial charge in [0, 0.05) is 6.20 Å². The van der Waals surface area contributed by atoms with Gasteiger partial charge in [-0.05, 0) is 6.92 Å². The molecule has 0 saturated heterocycles. The van der Waals surface area contributed by atoms with Crippen LogP contribution in [0, 0.1) is 0 Å². The zero-order valence-corrected chi connectivity index (χ0v) is 7.23. The molecule has 2 heteroatoms. The van der Waals surface area contributed by atoms with Gasteiger partial charge in [-0.1, -0.05) is 33.8 Å².